The van der Waals surface area contributed by atoms with Crippen LogP contribution in [-0.2, 0) is 6.42 Å². The fraction of sp³-hybridized carbons (Fsp3) is 0.304. The fourth-order valence-corrected chi connectivity index (χ4v) is 3.67. The van der Waals surface area contributed by atoms with Crippen LogP contribution in [0.1, 0.15) is 5.69 Å². The molecule has 33 heavy (non-hydrogen) atoms. The number of aliphatic imine (C=N–C) groups is 1. The molecule has 0 unspecified atom stereocenters. The van der Waals surface area contributed by atoms with Gasteiger partial charge in [0.25, 0.3) is 0 Å². The Morgan fingerprint density at radius 1 is 1.03 bits per heavy atom. The van der Waals surface area contributed by atoms with Crippen LogP contribution in [0, 0.1) is 17.5 Å². The molecular weight excluding hydrogens is 546 g/mol. The number of hydrogen-bond acceptors (Lipinski definition) is 4. The summed E-state index contributed by atoms with van der Waals surface area (Å²) in [7, 11) is 1.71. The normalized spacial score (nSPS) is 14.2. The van der Waals surface area contributed by atoms with E-state index in [2.05, 4.69) is 20.2 Å². The molecular formula is C23H25F3IN5O. The highest BCUT2D eigenvalue weighted by atomic mass is 127. The molecule has 2 heterocycles. The topological polar surface area (TPSA) is 56.9 Å². The first-order chi connectivity index (χ1) is 15.5. The van der Waals surface area contributed by atoms with Gasteiger partial charge in [-0.15, -0.1) is 24.0 Å². The molecule has 2 aromatic carbocycles. The number of guanidine groups is 1. The molecule has 3 aromatic rings. The zero-order chi connectivity index (χ0) is 22.5. The van der Waals surface area contributed by atoms with Crippen molar-refractivity contribution >= 4 is 35.6 Å². The van der Waals surface area contributed by atoms with Crippen LogP contribution < -0.4 is 10.2 Å². The molecule has 10 heteroatoms. The van der Waals surface area contributed by atoms with E-state index in [0.717, 1.165) is 23.8 Å². The maximum Gasteiger partial charge on any atom is 0.226 e. The van der Waals surface area contributed by atoms with Gasteiger partial charge in [0.05, 0.1) is 11.4 Å². The molecule has 0 saturated carbocycles. The van der Waals surface area contributed by atoms with Crippen LogP contribution in [0.3, 0.4) is 0 Å². The third-order valence-electron chi connectivity index (χ3n) is 5.35. The molecule has 0 atom stereocenters. The first-order valence-electron chi connectivity index (χ1n) is 10.4. The molecule has 1 fully saturated rings. The Kier molecular flexibility index (Phi) is 8.59. The smallest absolute Gasteiger partial charge is 0.226 e. The van der Waals surface area contributed by atoms with E-state index in [1.807, 2.05) is 4.90 Å². The maximum absolute atomic E-state index is 14.0. The number of oxazole rings is 1. The van der Waals surface area contributed by atoms with E-state index in [-0.39, 0.29) is 35.5 Å². The van der Waals surface area contributed by atoms with E-state index in [1.165, 1.54) is 18.2 Å². The molecule has 1 aliphatic heterocycles. The monoisotopic (exact) mass is 571 g/mol. The molecule has 0 radical (unpaired) electrons. The summed E-state index contributed by atoms with van der Waals surface area (Å²) < 4.78 is 46.1. The number of piperazine rings is 1. The quantitative estimate of drug-likeness (QED) is 0.281. The van der Waals surface area contributed by atoms with E-state index < -0.39 is 11.6 Å². The van der Waals surface area contributed by atoms with Crippen molar-refractivity contribution in [3.63, 3.8) is 0 Å². The lowest BCUT2D eigenvalue weighted by atomic mass is 10.2. The molecule has 4 rings (SSSR count). The van der Waals surface area contributed by atoms with Crippen molar-refractivity contribution < 1.29 is 17.6 Å². The Morgan fingerprint density at radius 3 is 2.42 bits per heavy atom. The van der Waals surface area contributed by atoms with Gasteiger partial charge in [-0.05, 0) is 36.4 Å². The second kappa shape index (κ2) is 11.4. The summed E-state index contributed by atoms with van der Waals surface area (Å²) in [5, 5.41) is 3.31. The van der Waals surface area contributed by atoms with Gasteiger partial charge in [0.15, 0.2) is 5.96 Å². The van der Waals surface area contributed by atoms with E-state index in [4.69, 9.17) is 4.42 Å². The van der Waals surface area contributed by atoms with Gasteiger partial charge in [0.1, 0.15) is 23.7 Å². The van der Waals surface area contributed by atoms with Gasteiger partial charge in [0.2, 0.25) is 5.89 Å². The number of aromatic nitrogens is 1. The van der Waals surface area contributed by atoms with E-state index in [9.17, 15) is 13.2 Å². The molecule has 1 aromatic heterocycles. The number of nitrogens with one attached hydrogen (secondary N) is 1. The lowest BCUT2D eigenvalue weighted by molar-refractivity contribution is 0.371. The number of benzene rings is 2. The van der Waals surface area contributed by atoms with Crippen molar-refractivity contribution in [2.24, 2.45) is 4.99 Å². The van der Waals surface area contributed by atoms with Crippen molar-refractivity contribution in [3.05, 3.63) is 71.9 Å². The first kappa shape index (κ1) is 24.9. The zero-order valence-corrected chi connectivity index (χ0v) is 20.4. The largest absolute Gasteiger partial charge is 0.444 e. The van der Waals surface area contributed by atoms with Crippen LogP contribution in [0.2, 0.25) is 0 Å². The average molecular weight is 571 g/mol. The first-order valence-corrected chi connectivity index (χ1v) is 10.4. The highest BCUT2D eigenvalue weighted by Crippen LogP contribution is 2.22. The molecule has 0 bridgehead atoms. The molecule has 1 aliphatic rings. The third kappa shape index (κ3) is 6.18. The van der Waals surface area contributed by atoms with Gasteiger partial charge in [-0.1, -0.05) is 0 Å². The summed E-state index contributed by atoms with van der Waals surface area (Å²) in [5.74, 6) is 0.0152. The van der Waals surface area contributed by atoms with Gasteiger partial charge < -0.3 is 19.5 Å². The minimum atomic E-state index is -0.447. The van der Waals surface area contributed by atoms with Gasteiger partial charge >= 0.3 is 0 Å². The highest BCUT2D eigenvalue weighted by molar-refractivity contribution is 14.0. The Bertz CT molecular complexity index is 1080. The summed E-state index contributed by atoms with van der Waals surface area (Å²) in [6, 6.07) is 9.50. The third-order valence-corrected chi connectivity index (χ3v) is 5.35. The van der Waals surface area contributed by atoms with Gasteiger partial charge in [-0.2, -0.15) is 0 Å². The molecule has 1 N–H and O–H groups in total. The molecule has 176 valence electrons. The molecule has 6 nitrogen and oxygen atoms in total. The Labute approximate surface area is 207 Å². The van der Waals surface area contributed by atoms with Gasteiger partial charge in [0, 0.05) is 57.8 Å². The van der Waals surface area contributed by atoms with Crippen molar-refractivity contribution in [1.29, 1.82) is 0 Å². The summed E-state index contributed by atoms with van der Waals surface area (Å²) in [6.45, 7) is 2.99. The lowest BCUT2D eigenvalue weighted by Crippen LogP contribution is -2.53. The van der Waals surface area contributed by atoms with Crippen molar-refractivity contribution in [1.82, 2.24) is 15.2 Å². The van der Waals surface area contributed by atoms with Crippen LogP contribution in [0.25, 0.3) is 11.5 Å². The minimum absolute atomic E-state index is 0. The number of nitrogens with zero attached hydrogens (tertiary/aromatic N) is 4. The second-order valence-corrected chi connectivity index (χ2v) is 7.44. The number of halogens is 4. The van der Waals surface area contributed by atoms with Crippen molar-refractivity contribution in [2.75, 3.05) is 44.7 Å². The summed E-state index contributed by atoms with van der Waals surface area (Å²) in [5.41, 5.74) is 1.78. The standard InChI is InChI=1S/C23H24F3N5O.HI/c1-27-23(31-12-10-30(11-13-31)21-14-18(25)6-7-20(21)26)28-9-8-19-15-32-22(29-19)16-2-4-17(24)5-3-16;/h2-7,14-15H,8-13H2,1H3,(H,27,28);1H. The second-order valence-electron chi connectivity index (χ2n) is 7.44. The Hall–Kier alpha value is -2.76. The fourth-order valence-electron chi connectivity index (χ4n) is 3.67. The lowest BCUT2D eigenvalue weighted by Gasteiger charge is -2.37. The zero-order valence-electron chi connectivity index (χ0n) is 18.1. The van der Waals surface area contributed by atoms with Crippen LogP contribution in [0.4, 0.5) is 18.9 Å². The van der Waals surface area contributed by atoms with Crippen molar-refractivity contribution in [2.45, 2.75) is 6.42 Å². The minimum Gasteiger partial charge on any atom is -0.444 e. The summed E-state index contributed by atoms with van der Waals surface area (Å²) in [6.07, 6.45) is 2.22. The van der Waals surface area contributed by atoms with E-state index in [0.29, 0.717) is 50.6 Å². The molecule has 0 aliphatic carbocycles. The molecule has 0 amide bonds. The Balaban J connectivity index is 0.00000306. The number of hydrogen-bond donors (Lipinski definition) is 1. The van der Waals surface area contributed by atoms with Crippen molar-refractivity contribution in [3.8, 4) is 11.5 Å². The predicted octanol–water partition coefficient (Wildman–Crippen LogP) is 4.32. The van der Waals surface area contributed by atoms with E-state index >= 15 is 0 Å². The van der Waals surface area contributed by atoms with Crippen LogP contribution >= 0.6 is 24.0 Å². The Morgan fingerprint density at radius 2 is 1.73 bits per heavy atom. The van der Waals surface area contributed by atoms with Crippen LogP contribution in [-0.4, -0.2) is 55.6 Å². The number of anilines is 1. The summed E-state index contributed by atoms with van der Waals surface area (Å²) in [4.78, 5) is 12.7. The van der Waals surface area contributed by atoms with Gasteiger partial charge in [-0.3, -0.25) is 4.99 Å². The SMILES string of the molecule is CN=C(NCCc1coc(-c2ccc(F)cc2)n1)N1CCN(c2cc(F)ccc2F)CC1.I. The van der Waals surface area contributed by atoms with Crippen LogP contribution in [0.15, 0.2) is 58.1 Å². The molecule has 0 spiro atoms. The predicted molar refractivity (Wildman–Crippen MR) is 133 cm³/mol. The number of rotatable bonds is 5. The maximum atomic E-state index is 14.0. The van der Waals surface area contributed by atoms with Gasteiger partial charge in [-0.25, -0.2) is 18.2 Å². The molecule has 1 saturated heterocycles. The van der Waals surface area contributed by atoms with E-state index in [1.54, 1.807) is 25.4 Å². The summed E-state index contributed by atoms with van der Waals surface area (Å²) >= 11 is 0. The highest BCUT2D eigenvalue weighted by Gasteiger charge is 2.22. The van der Waals surface area contributed by atoms with Crippen LogP contribution in [0.5, 0.6) is 0 Å². The average Bonchev–Trinajstić information content (AvgIpc) is 3.28.